The Morgan fingerprint density at radius 1 is 0.938 bits per heavy atom. The maximum absolute atomic E-state index is 13.1. The van der Waals surface area contributed by atoms with E-state index in [9.17, 15) is 9.59 Å². The van der Waals surface area contributed by atoms with Gasteiger partial charge >= 0.3 is 5.97 Å². The first-order chi connectivity index (χ1) is 15.6. The van der Waals surface area contributed by atoms with Gasteiger partial charge in [-0.15, -0.1) is 0 Å². The maximum Gasteiger partial charge on any atom is 0.341 e. The van der Waals surface area contributed by atoms with Crippen molar-refractivity contribution in [3.63, 3.8) is 0 Å². The second-order valence-electron chi connectivity index (χ2n) is 6.76. The highest BCUT2D eigenvalue weighted by Crippen LogP contribution is 2.14. The maximum atomic E-state index is 13.1. The molecule has 3 aromatic carbocycles. The number of rotatable bonds is 8. The largest absolute Gasteiger partial charge is 0.486 e. The number of carbonyl (C=O) groups is 1. The first kappa shape index (κ1) is 20.8. The second-order valence-corrected chi connectivity index (χ2v) is 6.76. The van der Waals surface area contributed by atoms with Gasteiger partial charge in [0.1, 0.15) is 18.1 Å². The van der Waals surface area contributed by atoms with Crippen LogP contribution in [0, 0.1) is 0 Å². The van der Waals surface area contributed by atoms with Gasteiger partial charge in [-0.25, -0.2) is 9.78 Å². The van der Waals surface area contributed by atoms with Crippen molar-refractivity contribution in [2.75, 3.05) is 6.61 Å². The molecule has 0 atom stereocenters. The molecular formula is C24H19N3O5. The van der Waals surface area contributed by atoms with E-state index in [4.69, 9.17) is 14.6 Å². The highest BCUT2D eigenvalue weighted by molar-refractivity contribution is 5.80. The molecular weight excluding hydrogens is 410 g/mol. The van der Waals surface area contributed by atoms with Gasteiger partial charge in [0.05, 0.1) is 17.1 Å². The highest BCUT2D eigenvalue weighted by atomic mass is 16.5. The van der Waals surface area contributed by atoms with Crippen molar-refractivity contribution in [3.8, 4) is 11.5 Å². The fraction of sp³-hybridized carbons (Fsp3) is 0.0833. The molecule has 0 spiro atoms. The van der Waals surface area contributed by atoms with E-state index in [2.05, 4.69) is 10.1 Å². The summed E-state index contributed by atoms with van der Waals surface area (Å²) in [5, 5.41) is 13.5. The lowest BCUT2D eigenvalue weighted by Crippen LogP contribution is -2.23. The van der Waals surface area contributed by atoms with Crippen LogP contribution in [-0.2, 0) is 11.4 Å². The van der Waals surface area contributed by atoms with Crippen LogP contribution < -0.4 is 15.0 Å². The molecule has 0 radical (unpaired) electrons. The Morgan fingerprint density at radius 2 is 1.62 bits per heavy atom. The van der Waals surface area contributed by atoms with Gasteiger partial charge in [-0.1, -0.05) is 30.3 Å². The number of benzene rings is 3. The third-order valence-electron chi connectivity index (χ3n) is 4.50. The van der Waals surface area contributed by atoms with Crippen LogP contribution in [0.25, 0.3) is 10.9 Å². The molecule has 0 unspecified atom stereocenters. The van der Waals surface area contributed by atoms with Crippen LogP contribution in [0.4, 0.5) is 0 Å². The molecule has 0 saturated carbocycles. The molecule has 0 saturated heterocycles. The first-order valence-electron chi connectivity index (χ1n) is 9.78. The Balaban J connectivity index is 1.63. The Morgan fingerprint density at radius 3 is 2.38 bits per heavy atom. The molecule has 0 fully saturated rings. The zero-order chi connectivity index (χ0) is 22.3. The predicted octanol–water partition coefficient (Wildman–Crippen LogP) is 3.32. The molecule has 32 heavy (non-hydrogen) atoms. The standard InChI is InChI=1S/C24H19N3O5/c28-23(29)16-32-19-12-10-17(11-13-19)14-25-27-22(15-31-18-6-2-1-3-7-18)26-21-9-5-4-8-20(21)24(27)30/h1-14H,15-16H2,(H,28,29)/b25-14-. The molecule has 1 N–H and O–H groups in total. The number of nitrogens with zero attached hydrogens (tertiary/aromatic N) is 3. The van der Waals surface area contributed by atoms with Crippen molar-refractivity contribution in [3.05, 3.63) is 101 Å². The van der Waals surface area contributed by atoms with E-state index >= 15 is 0 Å². The number of hydrogen-bond acceptors (Lipinski definition) is 6. The minimum atomic E-state index is -1.05. The summed E-state index contributed by atoms with van der Waals surface area (Å²) in [4.78, 5) is 28.2. The first-order valence-corrected chi connectivity index (χ1v) is 9.78. The molecule has 4 rings (SSSR count). The molecule has 0 bridgehead atoms. The molecule has 0 amide bonds. The summed E-state index contributed by atoms with van der Waals surface area (Å²) in [6.07, 6.45) is 1.52. The second kappa shape index (κ2) is 9.57. The monoisotopic (exact) mass is 429 g/mol. The fourth-order valence-corrected chi connectivity index (χ4v) is 2.97. The summed E-state index contributed by atoms with van der Waals surface area (Å²) < 4.78 is 12.1. The predicted molar refractivity (Wildman–Crippen MR) is 119 cm³/mol. The SMILES string of the molecule is O=C(O)COc1ccc(/C=N\n2c(COc3ccccc3)nc3ccccc3c2=O)cc1. The van der Waals surface area contributed by atoms with Crippen LogP contribution in [0.15, 0.2) is 88.8 Å². The minimum Gasteiger partial charge on any atom is -0.486 e. The average Bonchev–Trinajstić information content (AvgIpc) is 2.82. The summed E-state index contributed by atoms with van der Waals surface area (Å²) in [5.41, 5.74) is 0.957. The average molecular weight is 429 g/mol. The lowest BCUT2D eigenvalue weighted by Gasteiger charge is -2.10. The van der Waals surface area contributed by atoms with Crippen LogP contribution in [-0.4, -0.2) is 33.6 Å². The number of para-hydroxylation sites is 2. The molecule has 1 aromatic heterocycles. The zero-order valence-electron chi connectivity index (χ0n) is 16.9. The van der Waals surface area contributed by atoms with Crippen molar-refractivity contribution in [2.45, 2.75) is 6.61 Å². The number of carboxylic acid groups (broad SMARTS) is 1. The van der Waals surface area contributed by atoms with Gasteiger partial charge in [0.2, 0.25) is 0 Å². The van der Waals surface area contributed by atoms with Crippen molar-refractivity contribution in [2.24, 2.45) is 5.10 Å². The molecule has 0 aliphatic rings. The molecule has 0 aliphatic carbocycles. The number of hydrogen-bond donors (Lipinski definition) is 1. The van der Waals surface area contributed by atoms with E-state index in [0.29, 0.717) is 33.8 Å². The van der Waals surface area contributed by atoms with Crippen molar-refractivity contribution >= 4 is 23.1 Å². The van der Waals surface area contributed by atoms with Gasteiger partial charge in [0.15, 0.2) is 12.4 Å². The van der Waals surface area contributed by atoms with Crippen molar-refractivity contribution in [1.29, 1.82) is 0 Å². The highest BCUT2D eigenvalue weighted by Gasteiger charge is 2.11. The van der Waals surface area contributed by atoms with E-state index in [-0.39, 0.29) is 12.2 Å². The van der Waals surface area contributed by atoms with Crippen molar-refractivity contribution < 1.29 is 19.4 Å². The van der Waals surface area contributed by atoms with Crippen LogP contribution >= 0.6 is 0 Å². The fourth-order valence-electron chi connectivity index (χ4n) is 2.97. The van der Waals surface area contributed by atoms with E-state index in [1.807, 2.05) is 36.4 Å². The third-order valence-corrected chi connectivity index (χ3v) is 4.50. The molecule has 4 aromatic rings. The summed E-state index contributed by atoms with van der Waals surface area (Å²) in [7, 11) is 0. The van der Waals surface area contributed by atoms with Crippen LogP contribution in [0.3, 0.4) is 0 Å². The molecule has 1 heterocycles. The van der Waals surface area contributed by atoms with E-state index < -0.39 is 12.6 Å². The smallest absolute Gasteiger partial charge is 0.341 e. The number of fused-ring (bicyclic) bond motifs is 1. The summed E-state index contributed by atoms with van der Waals surface area (Å²) in [6, 6.07) is 23.0. The summed E-state index contributed by atoms with van der Waals surface area (Å²) in [5.74, 6) is 0.382. The van der Waals surface area contributed by atoms with Crippen molar-refractivity contribution in [1.82, 2.24) is 9.66 Å². The molecule has 8 nitrogen and oxygen atoms in total. The Hall–Kier alpha value is -4.46. The molecule has 160 valence electrons. The molecule has 0 aliphatic heterocycles. The lowest BCUT2D eigenvalue weighted by molar-refractivity contribution is -0.139. The lowest BCUT2D eigenvalue weighted by atomic mass is 10.2. The van der Waals surface area contributed by atoms with Crippen LogP contribution in [0.1, 0.15) is 11.4 Å². The number of aliphatic carboxylic acids is 1. The van der Waals surface area contributed by atoms with Gasteiger partial charge in [0, 0.05) is 0 Å². The van der Waals surface area contributed by atoms with Gasteiger partial charge in [-0.3, -0.25) is 4.79 Å². The summed E-state index contributed by atoms with van der Waals surface area (Å²) >= 11 is 0. The van der Waals surface area contributed by atoms with Gasteiger partial charge < -0.3 is 14.6 Å². The molecule has 8 heteroatoms. The van der Waals surface area contributed by atoms with Gasteiger partial charge in [0.25, 0.3) is 5.56 Å². The van der Waals surface area contributed by atoms with E-state index in [1.54, 1.807) is 42.5 Å². The van der Waals surface area contributed by atoms with E-state index in [0.717, 1.165) is 0 Å². The van der Waals surface area contributed by atoms with Crippen LogP contribution in [0.2, 0.25) is 0 Å². The van der Waals surface area contributed by atoms with Gasteiger partial charge in [-0.2, -0.15) is 9.78 Å². The minimum absolute atomic E-state index is 0.0589. The third kappa shape index (κ3) is 4.99. The Bertz CT molecular complexity index is 1320. The number of aromatic nitrogens is 2. The summed E-state index contributed by atoms with van der Waals surface area (Å²) in [6.45, 7) is -0.361. The Kier molecular flexibility index (Phi) is 6.22. The van der Waals surface area contributed by atoms with Crippen LogP contribution in [0.5, 0.6) is 11.5 Å². The topological polar surface area (TPSA) is 103 Å². The normalized spacial score (nSPS) is 11.0. The van der Waals surface area contributed by atoms with Gasteiger partial charge in [-0.05, 0) is 54.1 Å². The number of ether oxygens (including phenoxy) is 2. The Labute approximate surface area is 183 Å². The zero-order valence-corrected chi connectivity index (χ0v) is 16.9. The quantitative estimate of drug-likeness (QED) is 0.431. The number of carboxylic acids is 1. The van der Waals surface area contributed by atoms with E-state index in [1.165, 1.54) is 10.9 Å².